The molecule has 0 saturated heterocycles. The highest BCUT2D eigenvalue weighted by Crippen LogP contribution is 2.05. The first-order chi connectivity index (χ1) is 6.83. The van der Waals surface area contributed by atoms with E-state index in [1.54, 1.807) is 23.6 Å². The molecule has 0 aliphatic heterocycles. The van der Waals surface area contributed by atoms with Gasteiger partial charge in [0, 0.05) is 6.20 Å². The maximum absolute atomic E-state index is 11.4. The normalized spacial score (nSPS) is 10.4. The Balaban J connectivity index is 2.47. The molecule has 0 unspecified atom stereocenters. The minimum absolute atomic E-state index is 0.354. The Morgan fingerprint density at radius 2 is 2.50 bits per heavy atom. The molecule has 0 aliphatic rings. The van der Waals surface area contributed by atoms with E-state index in [0.29, 0.717) is 17.9 Å². The Morgan fingerprint density at radius 1 is 1.64 bits per heavy atom. The molecule has 0 bridgehead atoms. The molecule has 0 aliphatic carbocycles. The number of imidazole rings is 1. The second kappa shape index (κ2) is 3.45. The highest BCUT2D eigenvalue weighted by Gasteiger charge is 2.11. The number of carbonyl (C=O) groups is 1. The largest absolute Gasteiger partial charge is 0.461 e. The second-order valence-electron chi connectivity index (χ2n) is 2.67. The van der Waals surface area contributed by atoms with Crippen LogP contribution in [0.15, 0.2) is 24.8 Å². The Morgan fingerprint density at radius 3 is 3.29 bits per heavy atom. The molecule has 0 amide bonds. The van der Waals surface area contributed by atoms with E-state index in [4.69, 9.17) is 4.74 Å². The van der Waals surface area contributed by atoms with E-state index in [0.717, 1.165) is 0 Å². The van der Waals surface area contributed by atoms with E-state index in [1.165, 1.54) is 12.5 Å². The van der Waals surface area contributed by atoms with Gasteiger partial charge in [-0.3, -0.25) is 4.40 Å². The molecule has 0 spiro atoms. The zero-order valence-electron chi connectivity index (χ0n) is 7.67. The van der Waals surface area contributed by atoms with E-state index >= 15 is 0 Å². The Bertz CT molecular complexity index is 464. The molecular formula is C9H9N3O2. The standard InChI is InChI=1S/C9H9N3O2/c1-2-14-9(13)7-5-11-8-3-4-10-6-12(7)8/h3-6H,2H2,1H3. The fourth-order valence-corrected chi connectivity index (χ4v) is 1.19. The fraction of sp³-hybridized carbons (Fsp3) is 0.222. The van der Waals surface area contributed by atoms with Crippen molar-refractivity contribution in [2.75, 3.05) is 6.61 Å². The molecule has 14 heavy (non-hydrogen) atoms. The Hall–Kier alpha value is -1.91. The van der Waals surface area contributed by atoms with Gasteiger partial charge in [0.2, 0.25) is 0 Å². The molecule has 0 N–H and O–H groups in total. The van der Waals surface area contributed by atoms with Gasteiger partial charge in [-0.25, -0.2) is 14.8 Å². The number of rotatable bonds is 2. The summed E-state index contributed by atoms with van der Waals surface area (Å²) >= 11 is 0. The molecule has 2 heterocycles. The zero-order chi connectivity index (χ0) is 9.97. The van der Waals surface area contributed by atoms with E-state index in [1.807, 2.05) is 0 Å². The van der Waals surface area contributed by atoms with Crippen LogP contribution in [0.3, 0.4) is 0 Å². The molecule has 72 valence electrons. The Kier molecular flexibility index (Phi) is 2.14. The van der Waals surface area contributed by atoms with E-state index in [9.17, 15) is 4.79 Å². The number of aromatic nitrogens is 3. The first-order valence-electron chi connectivity index (χ1n) is 4.27. The lowest BCUT2D eigenvalue weighted by atomic mass is 10.5. The van der Waals surface area contributed by atoms with Gasteiger partial charge in [-0.1, -0.05) is 0 Å². The van der Waals surface area contributed by atoms with Crippen LogP contribution < -0.4 is 0 Å². The van der Waals surface area contributed by atoms with Gasteiger partial charge in [-0.05, 0) is 13.0 Å². The number of hydrogen-bond donors (Lipinski definition) is 0. The lowest BCUT2D eigenvalue weighted by Crippen LogP contribution is -2.07. The molecule has 0 radical (unpaired) electrons. The fourth-order valence-electron chi connectivity index (χ4n) is 1.19. The molecule has 0 aromatic carbocycles. The van der Waals surface area contributed by atoms with Gasteiger partial charge in [0.1, 0.15) is 12.0 Å². The molecule has 5 heteroatoms. The highest BCUT2D eigenvalue weighted by atomic mass is 16.5. The monoisotopic (exact) mass is 191 g/mol. The van der Waals surface area contributed by atoms with E-state index < -0.39 is 0 Å². The number of esters is 1. The smallest absolute Gasteiger partial charge is 0.357 e. The van der Waals surface area contributed by atoms with Gasteiger partial charge in [0.05, 0.1) is 12.8 Å². The average Bonchev–Trinajstić information content (AvgIpc) is 2.61. The van der Waals surface area contributed by atoms with Crippen molar-refractivity contribution in [3.63, 3.8) is 0 Å². The van der Waals surface area contributed by atoms with Crippen LogP contribution in [0.25, 0.3) is 5.65 Å². The number of fused-ring (bicyclic) bond motifs is 1. The lowest BCUT2D eigenvalue weighted by molar-refractivity contribution is 0.0518. The minimum Gasteiger partial charge on any atom is -0.461 e. The van der Waals surface area contributed by atoms with Crippen molar-refractivity contribution in [1.29, 1.82) is 0 Å². The van der Waals surface area contributed by atoms with Crippen LogP contribution in [-0.4, -0.2) is 26.9 Å². The summed E-state index contributed by atoms with van der Waals surface area (Å²) in [7, 11) is 0. The summed E-state index contributed by atoms with van der Waals surface area (Å²) in [6, 6.07) is 1.72. The summed E-state index contributed by atoms with van der Waals surface area (Å²) in [5, 5.41) is 0. The summed E-state index contributed by atoms with van der Waals surface area (Å²) in [5.41, 5.74) is 1.08. The van der Waals surface area contributed by atoms with Crippen LogP contribution in [0.4, 0.5) is 0 Å². The SMILES string of the molecule is CCOC(=O)c1cnc2ccncn12. The zero-order valence-corrected chi connectivity index (χ0v) is 7.67. The van der Waals surface area contributed by atoms with Crippen LogP contribution >= 0.6 is 0 Å². The highest BCUT2D eigenvalue weighted by molar-refractivity contribution is 5.88. The number of ether oxygens (including phenoxy) is 1. The molecule has 5 nitrogen and oxygen atoms in total. The third kappa shape index (κ3) is 1.32. The summed E-state index contributed by atoms with van der Waals surface area (Å²) in [5.74, 6) is -0.381. The van der Waals surface area contributed by atoms with Crippen molar-refractivity contribution in [2.24, 2.45) is 0 Å². The molecule has 0 atom stereocenters. The number of hydrogen-bond acceptors (Lipinski definition) is 4. The van der Waals surface area contributed by atoms with Gasteiger partial charge in [-0.2, -0.15) is 0 Å². The minimum atomic E-state index is -0.381. The van der Waals surface area contributed by atoms with Gasteiger partial charge in [0.25, 0.3) is 0 Å². The second-order valence-corrected chi connectivity index (χ2v) is 2.67. The maximum atomic E-state index is 11.4. The molecule has 0 saturated carbocycles. The van der Waals surface area contributed by atoms with Crippen molar-refractivity contribution >= 4 is 11.6 Å². The molecule has 2 aromatic rings. The summed E-state index contributed by atoms with van der Waals surface area (Å²) in [6.45, 7) is 2.12. The van der Waals surface area contributed by atoms with Gasteiger partial charge >= 0.3 is 5.97 Å². The summed E-state index contributed by atoms with van der Waals surface area (Å²) in [6.07, 6.45) is 4.64. The number of nitrogens with zero attached hydrogens (tertiary/aromatic N) is 3. The van der Waals surface area contributed by atoms with Crippen molar-refractivity contribution in [1.82, 2.24) is 14.4 Å². The van der Waals surface area contributed by atoms with Crippen molar-refractivity contribution < 1.29 is 9.53 Å². The lowest BCUT2D eigenvalue weighted by Gasteiger charge is -1.99. The molecule has 2 rings (SSSR count). The molecule has 2 aromatic heterocycles. The number of carbonyl (C=O) groups excluding carboxylic acids is 1. The van der Waals surface area contributed by atoms with Crippen LogP contribution in [0.1, 0.15) is 17.4 Å². The van der Waals surface area contributed by atoms with Gasteiger partial charge < -0.3 is 4.74 Å². The van der Waals surface area contributed by atoms with Crippen molar-refractivity contribution in [3.8, 4) is 0 Å². The topological polar surface area (TPSA) is 56.5 Å². The van der Waals surface area contributed by atoms with Gasteiger partial charge in [0.15, 0.2) is 5.69 Å². The van der Waals surface area contributed by atoms with E-state index in [2.05, 4.69) is 9.97 Å². The predicted octanol–water partition coefficient (Wildman–Crippen LogP) is 0.906. The summed E-state index contributed by atoms with van der Waals surface area (Å²) in [4.78, 5) is 19.4. The third-order valence-corrected chi connectivity index (χ3v) is 1.80. The van der Waals surface area contributed by atoms with Crippen LogP contribution in [-0.2, 0) is 4.74 Å². The predicted molar refractivity (Wildman–Crippen MR) is 48.9 cm³/mol. The van der Waals surface area contributed by atoms with Crippen LogP contribution in [0, 0.1) is 0 Å². The van der Waals surface area contributed by atoms with Crippen molar-refractivity contribution in [3.05, 3.63) is 30.5 Å². The quantitative estimate of drug-likeness (QED) is 0.662. The van der Waals surface area contributed by atoms with Crippen LogP contribution in [0.2, 0.25) is 0 Å². The summed E-state index contributed by atoms with van der Waals surface area (Å²) < 4.78 is 6.46. The van der Waals surface area contributed by atoms with Gasteiger partial charge in [-0.15, -0.1) is 0 Å². The van der Waals surface area contributed by atoms with E-state index in [-0.39, 0.29) is 5.97 Å². The Labute approximate surface area is 80.4 Å². The van der Waals surface area contributed by atoms with Crippen molar-refractivity contribution in [2.45, 2.75) is 6.92 Å². The first-order valence-corrected chi connectivity index (χ1v) is 4.27. The average molecular weight is 191 g/mol. The molecular weight excluding hydrogens is 182 g/mol. The molecule has 0 fully saturated rings. The van der Waals surface area contributed by atoms with Crippen LogP contribution in [0.5, 0.6) is 0 Å². The maximum Gasteiger partial charge on any atom is 0.357 e. The first kappa shape index (κ1) is 8.68. The third-order valence-electron chi connectivity index (χ3n) is 1.80.